The molecule has 2 aromatic rings. The fraction of sp³-hybridized carbons (Fsp3) is 0.571. The lowest BCUT2D eigenvalue weighted by molar-refractivity contribution is -0.144. The smallest absolute Gasteiger partial charge is 0.246 e. The molecule has 4 atom stereocenters. The molecule has 1 aliphatic rings. The number of likely N-dealkylation sites (tertiary alicyclic amines) is 1. The van der Waals surface area contributed by atoms with Crippen molar-refractivity contribution in [3.8, 4) is 10.4 Å². The Labute approximate surface area is 234 Å². The Morgan fingerprint density at radius 1 is 1.21 bits per heavy atom. The van der Waals surface area contributed by atoms with Gasteiger partial charge in [0, 0.05) is 25.9 Å². The summed E-state index contributed by atoms with van der Waals surface area (Å²) >= 11 is 1.58. The second kappa shape index (κ2) is 13.5. The molecule has 0 radical (unpaired) electrons. The minimum atomic E-state index is -0.875. The number of aliphatic hydroxyl groups excluding tert-OH is 1. The third-order valence-electron chi connectivity index (χ3n) is 6.80. The highest BCUT2D eigenvalue weighted by atomic mass is 32.1. The second-order valence-corrected chi connectivity index (χ2v) is 11.9. The molecule has 0 aliphatic carbocycles. The standard InChI is InChI=1S/C28H41N5O5S/c1-17(19-6-8-20(9-7-19)24-18(2)30-16-39-24)31-26(36)22-14-21(34)15-33(22)27(37)25(28(3,4)5)32-23(35)10-12-38-13-11-29/h6-9,16-17,21-22,25,34H,10-15,29H2,1-5H3,(H,31,36)(H,32,35)/t17-,21+,22-,25?/m0/s1. The van der Waals surface area contributed by atoms with Gasteiger partial charge in [0.2, 0.25) is 17.7 Å². The van der Waals surface area contributed by atoms with Crippen LogP contribution in [0.25, 0.3) is 10.4 Å². The zero-order chi connectivity index (χ0) is 28.7. The van der Waals surface area contributed by atoms with Gasteiger partial charge in [0.1, 0.15) is 12.1 Å². The molecule has 39 heavy (non-hydrogen) atoms. The van der Waals surface area contributed by atoms with E-state index in [1.54, 1.807) is 11.3 Å². The summed E-state index contributed by atoms with van der Waals surface area (Å²) in [5.41, 5.74) is 9.56. The highest BCUT2D eigenvalue weighted by Gasteiger charge is 2.44. The van der Waals surface area contributed by atoms with Crippen LogP contribution in [0.2, 0.25) is 0 Å². The normalized spacial score (nSPS) is 19.0. The van der Waals surface area contributed by atoms with Gasteiger partial charge in [0.05, 0.1) is 41.4 Å². The minimum Gasteiger partial charge on any atom is -0.391 e. The van der Waals surface area contributed by atoms with Gasteiger partial charge >= 0.3 is 0 Å². The van der Waals surface area contributed by atoms with Crippen LogP contribution < -0.4 is 16.4 Å². The summed E-state index contributed by atoms with van der Waals surface area (Å²) in [5.74, 6) is -1.07. The quantitative estimate of drug-likeness (QED) is 0.309. The maximum atomic E-state index is 13.7. The molecule has 1 aromatic heterocycles. The number of ether oxygens (including phenoxy) is 1. The molecule has 3 rings (SSSR count). The van der Waals surface area contributed by atoms with Crippen LogP contribution in [0.15, 0.2) is 29.8 Å². The average molecular weight is 560 g/mol. The van der Waals surface area contributed by atoms with Gasteiger partial charge in [-0.2, -0.15) is 0 Å². The topological polar surface area (TPSA) is 147 Å². The number of aryl methyl sites for hydroxylation is 1. The zero-order valence-corrected chi connectivity index (χ0v) is 24.2. The molecule has 214 valence electrons. The third-order valence-corrected chi connectivity index (χ3v) is 7.77. The van der Waals surface area contributed by atoms with Gasteiger partial charge in [-0.25, -0.2) is 4.98 Å². The Kier molecular flexibility index (Phi) is 10.6. The molecule has 5 N–H and O–H groups in total. The number of amides is 3. The number of nitrogens with zero attached hydrogens (tertiary/aromatic N) is 2. The summed E-state index contributed by atoms with van der Waals surface area (Å²) in [7, 11) is 0. The number of nitrogens with one attached hydrogen (secondary N) is 2. The molecule has 3 amide bonds. The Hall–Kier alpha value is -2.86. The summed E-state index contributed by atoms with van der Waals surface area (Å²) in [6.45, 7) is 10.3. The molecular weight excluding hydrogens is 518 g/mol. The number of rotatable bonds is 11. The van der Waals surface area contributed by atoms with Gasteiger partial charge in [-0.05, 0) is 30.4 Å². The fourth-order valence-electron chi connectivity index (χ4n) is 4.60. The molecule has 1 fully saturated rings. The second-order valence-electron chi connectivity index (χ2n) is 11.0. The van der Waals surface area contributed by atoms with E-state index in [9.17, 15) is 19.5 Å². The van der Waals surface area contributed by atoms with Crippen molar-refractivity contribution in [2.24, 2.45) is 11.1 Å². The van der Waals surface area contributed by atoms with Crippen molar-refractivity contribution in [2.75, 3.05) is 26.3 Å². The Morgan fingerprint density at radius 2 is 1.90 bits per heavy atom. The van der Waals surface area contributed by atoms with Crippen LogP contribution in [-0.2, 0) is 19.1 Å². The van der Waals surface area contributed by atoms with E-state index in [2.05, 4.69) is 15.6 Å². The molecule has 0 spiro atoms. The van der Waals surface area contributed by atoms with E-state index in [-0.39, 0.29) is 43.8 Å². The first kappa shape index (κ1) is 30.7. The number of thiazole rings is 1. The average Bonchev–Trinajstić information content (AvgIpc) is 3.49. The Balaban J connectivity index is 1.68. The van der Waals surface area contributed by atoms with Crippen molar-refractivity contribution in [2.45, 2.75) is 71.7 Å². The summed E-state index contributed by atoms with van der Waals surface area (Å²) in [6, 6.07) is 5.92. The molecule has 1 saturated heterocycles. The Morgan fingerprint density at radius 3 is 2.49 bits per heavy atom. The predicted octanol–water partition coefficient (Wildman–Crippen LogP) is 2.15. The lowest BCUT2D eigenvalue weighted by Crippen LogP contribution is -2.58. The molecule has 0 bridgehead atoms. The van der Waals surface area contributed by atoms with Crippen LogP contribution in [-0.4, -0.2) is 77.2 Å². The van der Waals surface area contributed by atoms with E-state index in [0.717, 1.165) is 21.7 Å². The first-order valence-electron chi connectivity index (χ1n) is 13.3. The van der Waals surface area contributed by atoms with E-state index in [1.165, 1.54) is 4.90 Å². The molecule has 1 unspecified atom stereocenters. The zero-order valence-electron chi connectivity index (χ0n) is 23.4. The first-order chi connectivity index (χ1) is 18.4. The van der Waals surface area contributed by atoms with Gasteiger partial charge in [-0.1, -0.05) is 45.0 Å². The number of hydrogen-bond acceptors (Lipinski definition) is 8. The Bertz CT molecular complexity index is 1130. The van der Waals surface area contributed by atoms with Gasteiger partial charge in [-0.3, -0.25) is 14.4 Å². The van der Waals surface area contributed by atoms with E-state index in [0.29, 0.717) is 13.2 Å². The summed E-state index contributed by atoms with van der Waals surface area (Å²) < 4.78 is 5.28. The molecule has 10 nitrogen and oxygen atoms in total. The number of benzene rings is 1. The van der Waals surface area contributed by atoms with E-state index in [1.807, 2.05) is 64.4 Å². The first-order valence-corrected chi connectivity index (χ1v) is 14.2. The van der Waals surface area contributed by atoms with E-state index >= 15 is 0 Å². The molecule has 1 aromatic carbocycles. The molecule has 0 saturated carbocycles. The largest absolute Gasteiger partial charge is 0.391 e. The predicted molar refractivity (Wildman–Crippen MR) is 151 cm³/mol. The number of aromatic nitrogens is 1. The van der Waals surface area contributed by atoms with Crippen molar-refractivity contribution in [1.29, 1.82) is 0 Å². The minimum absolute atomic E-state index is 0.0241. The van der Waals surface area contributed by atoms with Crippen molar-refractivity contribution in [1.82, 2.24) is 20.5 Å². The summed E-state index contributed by atoms with van der Waals surface area (Å²) in [5, 5.41) is 16.2. The van der Waals surface area contributed by atoms with Crippen LogP contribution in [0.1, 0.15) is 57.8 Å². The SMILES string of the molecule is Cc1ncsc1-c1ccc([C@H](C)NC(=O)[C@@H]2C[C@@H](O)CN2C(=O)C(NC(=O)CCOCCN)C(C)(C)C)cc1. The van der Waals surface area contributed by atoms with Gasteiger partial charge in [0.15, 0.2) is 0 Å². The molecule has 1 aliphatic heterocycles. The van der Waals surface area contributed by atoms with Gasteiger partial charge in [0.25, 0.3) is 0 Å². The molecular formula is C28H41N5O5S. The summed E-state index contributed by atoms with van der Waals surface area (Å²) in [4.78, 5) is 46.4. The third kappa shape index (κ3) is 8.07. The van der Waals surface area contributed by atoms with Gasteiger partial charge < -0.3 is 31.1 Å². The van der Waals surface area contributed by atoms with Crippen LogP contribution in [0.5, 0.6) is 0 Å². The maximum Gasteiger partial charge on any atom is 0.246 e. The van der Waals surface area contributed by atoms with Crippen LogP contribution >= 0.6 is 11.3 Å². The highest BCUT2D eigenvalue weighted by molar-refractivity contribution is 7.13. The van der Waals surface area contributed by atoms with Crippen molar-refractivity contribution in [3.05, 3.63) is 41.0 Å². The number of hydrogen-bond donors (Lipinski definition) is 4. The van der Waals surface area contributed by atoms with Crippen LogP contribution in [0, 0.1) is 12.3 Å². The number of carbonyl (C=O) groups excluding carboxylic acids is 3. The lowest BCUT2D eigenvalue weighted by atomic mass is 9.85. The molecule has 2 heterocycles. The summed E-state index contributed by atoms with van der Waals surface area (Å²) in [6.07, 6.45) is -0.611. The van der Waals surface area contributed by atoms with Crippen molar-refractivity contribution >= 4 is 29.1 Å². The number of aliphatic hydroxyl groups is 1. The van der Waals surface area contributed by atoms with Crippen LogP contribution in [0.4, 0.5) is 0 Å². The van der Waals surface area contributed by atoms with Crippen molar-refractivity contribution < 1.29 is 24.2 Å². The number of β-amino-alcohol motifs (C(OH)–C–C–N with tert-alkyl or cyclic N) is 1. The molecule has 11 heteroatoms. The highest BCUT2D eigenvalue weighted by Crippen LogP contribution is 2.29. The fourth-order valence-corrected chi connectivity index (χ4v) is 5.41. The monoisotopic (exact) mass is 559 g/mol. The number of nitrogens with two attached hydrogens (primary N) is 1. The van der Waals surface area contributed by atoms with Crippen molar-refractivity contribution in [3.63, 3.8) is 0 Å². The lowest BCUT2D eigenvalue weighted by Gasteiger charge is -2.35. The van der Waals surface area contributed by atoms with E-state index < -0.39 is 29.5 Å². The van der Waals surface area contributed by atoms with E-state index in [4.69, 9.17) is 10.5 Å². The number of carbonyl (C=O) groups is 3. The van der Waals surface area contributed by atoms with Gasteiger partial charge in [-0.15, -0.1) is 11.3 Å². The maximum absolute atomic E-state index is 13.7. The van der Waals surface area contributed by atoms with Crippen LogP contribution in [0.3, 0.4) is 0 Å².